The number of aryl methyl sites for hydroxylation is 1. The van der Waals surface area contributed by atoms with Gasteiger partial charge in [0.1, 0.15) is 6.54 Å². The van der Waals surface area contributed by atoms with Crippen molar-refractivity contribution in [3.63, 3.8) is 0 Å². The van der Waals surface area contributed by atoms with Crippen molar-refractivity contribution in [2.24, 2.45) is 5.92 Å². The topological polar surface area (TPSA) is 75.7 Å². The van der Waals surface area contributed by atoms with Crippen LogP contribution in [0.5, 0.6) is 0 Å². The smallest absolute Gasteiger partial charge is 0.325 e. The molecule has 2 heterocycles. The van der Waals surface area contributed by atoms with Gasteiger partial charge in [-0.25, -0.2) is 0 Å². The van der Waals surface area contributed by atoms with E-state index in [1.54, 1.807) is 11.0 Å². The van der Waals surface area contributed by atoms with Gasteiger partial charge in [0, 0.05) is 18.0 Å². The van der Waals surface area contributed by atoms with Gasteiger partial charge in [-0.2, -0.15) is 0 Å². The van der Waals surface area contributed by atoms with Crippen LogP contribution in [0.25, 0.3) is 0 Å². The fraction of sp³-hybridized carbons (Fsp3) is 0.409. The van der Waals surface area contributed by atoms with Gasteiger partial charge < -0.3 is 15.0 Å². The first-order valence-corrected chi connectivity index (χ1v) is 10.6. The zero-order valence-corrected chi connectivity index (χ0v) is 17.4. The Labute approximate surface area is 174 Å². The normalized spacial score (nSPS) is 14.4. The Morgan fingerprint density at radius 2 is 1.83 bits per heavy atom. The number of thiophene rings is 1. The molecule has 1 fully saturated rings. The van der Waals surface area contributed by atoms with Crippen molar-refractivity contribution in [1.82, 2.24) is 10.2 Å². The van der Waals surface area contributed by atoms with E-state index in [2.05, 4.69) is 17.4 Å². The van der Waals surface area contributed by atoms with Crippen molar-refractivity contribution < 1.29 is 19.1 Å². The van der Waals surface area contributed by atoms with Crippen LogP contribution in [0.1, 0.15) is 33.0 Å². The molecule has 154 valence electrons. The highest BCUT2D eigenvalue weighted by Gasteiger charge is 2.23. The molecule has 1 aromatic carbocycles. The third kappa shape index (κ3) is 6.42. The van der Waals surface area contributed by atoms with Crippen LogP contribution in [0.2, 0.25) is 0 Å². The second-order valence-corrected chi connectivity index (χ2v) is 8.56. The third-order valence-corrected chi connectivity index (χ3v) is 6.05. The standard InChI is InChI=1S/C22H26N2O4S/c1-16-7-8-19(29-16)22(27)23-14-21(26)28-15-20(25)24-11-9-18(10-12-24)13-17-5-3-2-4-6-17/h2-8,18H,9-15H2,1H3,(H,23,27). The largest absolute Gasteiger partial charge is 0.454 e. The Morgan fingerprint density at radius 1 is 1.10 bits per heavy atom. The van der Waals surface area contributed by atoms with E-state index in [0.29, 0.717) is 23.9 Å². The summed E-state index contributed by atoms with van der Waals surface area (Å²) in [5, 5.41) is 2.52. The van der Waals surface area contributed by atoms with Gasteiger partial charge in [0.25, 0.3) is 11.8 Å². The molecule has 29 heavy (non-hydrogen) atoms. The molecule has 1 N–H and O–H groups in total. The first kappa shape index (κ1) is 21.0. The van der Waals surface area contributed by atoms with Crippen LogP contribution in [0.15, 0.2) is 42.5 Å². The predicted molar refractivity (Wildman–Crippen MR) is 112 cm³/mol. The third-order valence-electron chi connectivity index (χ3n) is 5.05. The molecule has 1 aliphatic heterocycles. The summed E-state index contributed by atoms with van der Waals surface area (Å²) in [5.74, 6) is -0.539. The second kappa shape index (κ2) is 10.2. The molecule has 0 aliphatic carbocycles. The number of hydrogen-bond acceptors (Lipinski definition) is 5. The first-order chi connectivity index (χ1) is 14.0. The Kier molecular flexibility index (Phi) is 7.41. The van der Waals surface area contributed by atoms with Crippen molar-refractivity contribution in [1.29, 1.82) is 0 Å². The van der Waals surface area contributed by atoms with Gasteiger partial charge in [-0.15, -0.1) is 11.3 Å². The Bertz CT molecular complexity index is 842. The van der Waals surface area contributed by atoms with Crippen LogP contribution >= 0.6 is 11.3 Å². The number of likely N-dealkylation sites (tertiary alicyclic amines) is 1. The molecule has 6 nitrogen and oxygen atoms in total. The molecule has 0 saturated carbocycles. The number of nitrogens with one attached hydrogen (secondary N) is 1. The first-order valence-electron chi connectivity index (χ1n) is 9.83. The average Bonchev–Trinajstić information content (AvgIpc) is 3.18. The molecule has 1 aliphatic rings. The minimum atomic E-state index is -0.612. The molecule has 0 unspecified atom stereocenters. The van der Waals surface area contributed by atoms with Gasteiger partial charge in [0.05, 0.1) is 4.88 Å². The van der Waals surface area contributed by atoms with Crippen LogP contribution in [0.3, 0.4) is 0 Å². The molecular formula is C22H26N2O4S. The van der Waals surface area contributed by atoms with Crippen molar-refractivity contribution >= 4 is 29.1 Å². The maximum Gasteiger partial charge on any atom is 0.325 e. The molecule has 1 saturated heterocycles. The molecule has 2 aromatic rings. The summed E-state index contributed by atoms with van der Waals surface area (Å²) in [6.45, 7) is 2.74. The number of esters is 1. The summed E-state index contributed by atoms with van der Waals surface area (Å²) in [7, 11) is 0. The average molecular weight is 415 g/mol. The molecular weight excluding hydrogens is 388 g/mol. The maximum absolute atomic E-state index is 12.3. The Hall–Kier alpha value is -2.67. The Balaban J connectivity index is 1.33. The molecule has 0 radical (unpaired) electrons. The minimum Gasteiger partial charge on any atom is -0.454 e. The van der Waals surface area contributed by atoms with E-state index in [4.69, 9.17) is 4.74 Å². The highest BCUT2D eigenvalue weighted by atomic mass is 32.1. The number of ether oxygens (including phenoxy) is 1. The molecule has 2 amide bonds. The van der Waals surface area contributed by atoms with Crippen LogP contribution in [-0.2, 0) is 20.7 Å². The fourth-order valence-electron chi connectivity index (χ4n) is 3.41. The summed E-state index contributed by atoms with van der Waals surface area (Å²) in [5.41, 5.74) is 1.32. The lowest BCUT2D eigenvalue weighted by molar-refractivity contribution is -0.151. The summed E-state index contributed by atoms with van der Waals surface area (Å²) in [6.07, 6.45) is 2.93. The van der Waals surface area contributed by atoms with Gasteiger partial charge in [-0.3, -0.25) is 14.4 Å². The van der Waals surface area contributed by atoms with E-state index in [-0.39, 0.29) is 25.0 Å². The number of carbonyl (C=O) groups excluding carboxylic acids is 3. The molecule has 0 atom stereocenters. The second-order valence-electron chi connectivity index (χ2n) is 7.27. The lowest BCUT2D eigenvalue weighted by Gasteiger charge is -2.32. The van der Waals surface area contributed by atoms with E-state index in [9.17, 15) is 14.4 Å². The van der Waals surface area contributed by atoms with Crippen molar-refractivity contribution in [3.8, 4) is 0 Å². The van der Waals surface area contributed by atoms with Gasteiger partial charge in [-0.05, 0) is 49.8 Å². The fourth-order valence-corrected chi connectivity index (χ4v) is 4.20. The number of rotatable bonds is 7. The lowest BCUT2D eigenvalue weighted by atomic mass is 9.90. The molecule has 0 bridgehead atoms. The van der Waals surface area contributed by atoms with Crippen LogP contribution in [0.4, 0.5) is 0 Å². The lowest BCUT2D eigenvalue weighted by Crippen LogP contribution is -2.41. The highest BCUT2D eigenvalue weighted by Crippen LogP contribution is 2.21. The number of nitrogens with zero attached hydrogens (tertiary/aromatic N) is 1. The van der Waals surface area contributed by atoms with Crippen molar-refractivity contribution in [3.05, 3.63) is 57.8 Å². The van der Waals surface area contributed by atoms with E-state index in [0.717, 1.165) is 24.1 Å². The SMILES string of the molecule is Cc1ccc(C(=O)NCC(=O)OCC(=O)N2CCC(Cc3ccccc3)CC2)s1. The predicted octanol–water partition coefficient (Wildman–Crippen LogP) is 2.81. The zero-order chi connectivity index (χ0) is 20.6. The molecule has 3 rings (SSSR count). The summed E-state index contributed by atoms with van der Waals surface area (Å²) in [4.78, 5) is 39.4. The maximum atomic E-state index is 12.3. The van der Waals surface area contributed by atoms with Gasteiger partial charge >= 0.3 is 5.97 Å². The summed E-state index contributed by atoms with van der Waals surface area (Å²) < 4.78 is 5.03. The van der Waals surface area contributed by atoms with Crippen molar-refractivity contribution in [2.75, 3.05) is 26.2 Å². The number of piperidine rings is 1. The number of hydrogen-bond donors (Lipinski definition) is 1. The van der Waals surface area contributed by atoms with E-state index >= 15 is 0 Å². The molecule has 0 spiro atoms. The van der Waals surface area contributed by atoms with E-state index in [1.807, 2.05) is 31.2 Å². The quantitative estimate of drug-likeness (QED) is 0.707. The molecule has 7 heteroatoms. The van der Waals surface area contributed by atoms with Gasteiger partial charge in [-0.1, -0.05) is 30.3 Å². The number of amides is 2. The van der Waals surface area contributed by atoms with E-state index in [1.165, 1.54) is 16.9 Å². The van der Waals surface area contributed by atoms with Crippen LogP contribution in [-0.4, -0.2) is 48.9 Å². The van der Waals surface area contributed by atoms with Crippen molar-refractivity contribution in [2.45, 2.75) is 26.2 Å². The monoisotopic (exact) mass is 414 g/mol. The van der Waals surface area contributed by atoms with Crippen LogP contribution < -0.4 is 5.32 Å². The Morgan fingerprint density at radius 3 is 2.48 bits per heavy atom. The minimum absolute atomic E-state index is 0.184. The highest BCUT2D eigenvalue weighted by molar-refractivity contribution is 7.13. The van der Waals surface area contributed by atoms with Gasteiger partial charge in [0.2, 0.25) is 0 Å². The molecule has 1 aromatic heterocycles. The van der Waals surface area contributed by atoms with Crippen LogP contribution in [0, 0.1) is 12.8 Å². The number of benzene rings is 1. The zero-order valence-electron chi connectivity index (χ0n) is 16.6. The van der Waals surface area contributed by atoms with E-state index < -0.39 is 5.97 Å². The van der Waals surface area contributed by atoms with Gasteiger partial charge in [0.15, 0.2) is 6.61 Å². The summed E-state index contributed by atoms with van der Waals surface area (Å²) in [6, 6.07) is 13.9. The number of carbonyl (C=O) groups is 3. The summed E-state index contributed by atoms with van der Waals surface area (Å²) >= 11 is 1.36.